The van der Waals surface area contributed by atoms with Crippen LogP contribution in [-0.4, -0.2) is 39.4 Å². The molecule has 1 heterocycles. The fraction of sp³-hybridized carbons (Fsp3) is 0.280. The first-order chi connectivity index (χ1) is 16.8. The van der Waals surface area contributed by atoms with Crippen LogP contribution in [0.5, 0.6) is 5.75 Å². The third-order valence-corrected chi connectivity index (χ3v) is 6.60. The number of carbonyl (C=O) groups is 2. The van der Waals surface area contributed by atoms with Crippen molar-refractivity contribution in [3.8, 4) is 5.75 Å². The molecule has 2 aromatic carbocycles. The monoisotopic (exact) mass is 513 g/mol. The number of hydrogen-bond acceptors (Lipinski definition) is 6. The molecule has 1 aromatic heterocycles. The number of methoxy groups -OCH3 is 1. The molecule has 0 fully saturated rings. The number of aromatic nitrogens is 3. The van der Waals surface area contributed by atoms with Crippen LogP contribution in [-0.2, 0) is 22.6 Å². The average Bonchev–Trinajstić information content (AvgIpc) is 3.24. The summed E-state index contributed by atoms with van der Waals surface area (Å²) in [6, 6.07) is 12.3. The smallest absolute Gasteiger partial charge is 0.234 e. The summed E-state index contributed by atoms with van der Waals surface area (Å²) in [5.74, 6) is 1.14. The van der Waals surface area contributed by atoms with Crippen LogP contribution in [0.4, 0.5) is 5.69 Å². The fourth-order valence-corrected chi connectivity index (χ4v) is 4.30. The molecule has 2 N–H and O–H groups in total. The summed E-state index contributed by atoms with van der Waals surface area (Å²) in [6.45, 7) is 7.94. The number of benzene rings is 2. The van der Waals surface area contributed by atoms with Crippen molar-refractivity contribution in [3.05, 3.63) is 77.1 Å². The maximum Gasteiger partial charge on any atom is 0.234 e. The Balaban J connectivity index is 1.62. The number of nitrogens with zero attached hydrogens (tertiary/aromatic N) is 3. The molecule has 0 aliphatic heterocycles. The van der Waals surface area contributed by atoms with Crippen molar-refractivity contribution in [2.75, 3.05) is 18.2 Å². The zero-order valence-electron chi connectivity index (χ0n) is 19.9. The van der Waals surface area contributed by atoms with Gasteiger partial charge in [-0.2, -0.15) is 0 Å². The molecule has 0 spiro atoms. The van der Waals surface area contributed by atoms with Crippen LogP contribution in [0.15, 0.2) is 60.3 Å². The molecule has 184 valence electrons. The molecule has 1 atom stereocenters. The van der Waals surface area contributed by atoms with Crippen molar-refractivity contribution in [2.45, 2.75) is 38.0 Å². The van der Waals surface area contributed by atoms with Gasteiger partial charge in [-0.1, -0.05) is 47.6 Å². The number of rotatable bonds is 11. The Morgan fingerprint density at radius 1 is 1.20 bits per heavy atom. The van der Waals surface area contributed by atoms with E-state index in [1.807, 2.05) is 42.7 Å². The molecule has 0 aliphatic rings. The second-order valence-electron chi connectivity index (χ2n) is 7.80. The van der Waals surface area contributed by atoms with E-state index in [1.165, 1.54) is 11.8 Å². The van der Waals surface area contributed by atoms with Gasteiger partial charge in [0.05, 0.1) is 25.3 Å². The van der Waals surface area contributed by atoms with E-state index in [0.29, 0.717) is 28.2 Å². The van der Waals surface area contributed by atoms with E-state index in [1.54, 1.807) is 31.4 Å². The first-order valence-corrected chi connectivity index (χ1v) is 12.3. The van der Waals surface area contributed by atoms with Gasteiger partial charge in [-0.05, 0) is 49.2 Å². The van der Waals surface area contributed by atoms with Crippen LogP contribution < -0.4 is 15.4 Å². The third kappa shape index (κ3) is 7.10. The van der Waals surface area contributed by atoms with Crippen LogP contribution in [0.2, 0.25) is 5.02 Å². The zero-order valence-corrected chi connectivity index (χ0v) is 21.4. The highest BCUT2D eigenvalue weighted by atomic mass is 35.5. The van der Waals surface area contributed by atoms with Crippen LogP contribution in [0, 0.1) is 6.92 Å². The molecular weight excluding hydrogens is 486 g/mol. The number of thioether (sulfide) groups is 1. The van der Waals surface area contributed by atoms with E-state index >= 15 is 0 Å². The minimum atomic E-state index is -0.384. The topological polar surface area (TPSA) is 98.1 Å². The van der Waals surface area contributed by atoms with E-state index in [2.05, 4.69) is 27.4 Å². The number of amides is 2. The van der Waals surface area contributed by atoms with E-state index in [4.69, 9.17) is 16.3 Å². The Morgan fingerprint density at radius 3 is 2.63 bits per heavy atom. The quantitative estimate of drug-likeness (QED) is 0.287. The van der Waals surface area contributed by atoms with E-state index in [0.717, 1.165) is 16.9 Å². The summed E-state index contributed by atoms with van der Waals surface area (Å²) in [5, 5.41) is 15.5. The summed E-state index contributed by atoms with van der Waals surface area (Å²) < 4.78 is 6.99. The maximum atomic E-state index is 12.6. The van der Waals surface area contributed by atoms with Crippen molar-refractivity contribution >= 4 is 40.9 Å². The van der Waals surface area contributed by atoms with Gasteiger partial charge in [-0.15, -0.1) is 16.8 Å². The SMILES string of the molecule is C=CCn1c(SCC(=O)Nc2cccc(Cl)c2C)nnc1[C@H](C)NC(=O)Cc1ccc(OC)cc1. The second-order valence-corrected chi connectivity index (χ2v) is 9.15. The highest BCUT2D eigenvalue weighted by molar-refractivity contribution is 7.99. The van der Waals surface area contributed by atoms with Crippen LogP contribution in [0.3, 0.4) is 0 Å². The molecule has 0 unspecified atom stereocenters. The number of hydrogen-bond donors (Lipinski definition) is 2. The molecule has 0 aliphatic carbocycles. The molecule has 0 bridgehead atoms. The summed E-state index contributed by atoms with van der Waals surface area (Å²) in [5.41, 5.74) is 2.36. The van der Waals surface area contributed by atoms with Gasteiger partial charge >= 0.3 is 0 Å². The normalized spacial score (nSPS) is 11.5. The van der Waals surface area contributed by atoms with Gasteiger partial charge in [-0.3, -0.25) is 9.59 Å². The lowest BCUT2D eigenvalue weighted by atomic mass is 10.1. The summed E-state index contributed by atoms with van der Waals surface area (Å²) in [4.78, 5) is 25.1. The van der Waals surface area contributed by atoms with Gasteiger partial charge in [0.25, 0.3) is 0 Å². The standard InChI is InChI=1S/C25H28ClN5O3S/c1-5-13-31-24(17(3)27-22(32)14-18-9-11-19(34-4)12-10-18)29-30-25(31)35-15-23(33)28-21-8-6-7-20(26)16(21)2/h5-12,17H,1,13-15H2,2-4H3,(H,27,32)(H,28,33)/t17-/m0/s1. The molecule has 0 saturated heterocycles. The van der Waals surface area contributed by atoms with Gasteiger partial charge in [0.15, 0.2) is 11.0 Å². The first-order valence-electron chi connectivity index (χ1n) is 11.0. The Bertz CT molecular complexity index is 1200. The number of ether oxygens (including phenoxy) is 1. The molecular formula is C25H28ClN5O3S. The summed E-state index contributed by atoms with van der Waals surface area (Å²) >= 11 is 7.39. The van der Waals surface area contributed by atoms with Crippen molar-refractivity contribution in [3.63, 3.8) is 0 Å². The Labute approximate surface area is 214 Å². The van der Waals surface area contributed by atoms with Crippen molar-refractivity contribution in [2.24, 2.45) is 0 Å². The zero-order chi connectivity index (χ0) is 25.4. The predicted octanol–water partition coefficient (Wildman–Crippen LogP) is 4.59. The molecule has 3 rings (SSSR count). The van der Waals surface area contributed by atoms with Gasteiger partial charge < -0.3 is 19.9 Å². The molecule has 35 heavy (non-hydrogen) atoms. The van der Waals surface area contributed by atoms with Gasteiger partial charge in [0.2, 0.25) is 11.8 Å². The highest BCUT2D eigenvalue weighted by Gasteiger charge is 2.20. The number of nitrogens with one attached hydrogen (secondary N) is 2. The van der Waals surface area contributed by atoms with Crippen molar-refractivity contribution in [1.82, 2.24) is 20.1 Å². The Morgan fingerprint density at radius 2 is 1.94 bits per heavy atom. The number of anilines is 1. The fourth-order valence-electron chi connectivity index (χ4n) is 3.37. The highest BCUT2D eigenvalue weighted by Crippen LogP contribution is 2.24. The van der Waals surface area contributed by atoms with Gasteiger partial charge in [0, 0.05) is 17.3 Å². The van der Waals surface area contributed by atoms with Crippen LogP contribution >= 0.6 is 23.4 Å². The van der Waals surface area contributed by atoms with E-state index < -0.39 is 0 Å². The molecule has 0 radical (unpaired) electrons. The lowest BCUT2D eigenvalue weighted by Crippen LogP contribution is -2.30. The number of allylic oxidation sites excluding steroid dienone is 1. The maximum absolute atomic E-state index is 12.6. The molecule has 10 heteroatoms. The lowest BCUT2D eigenvalue weighted by Gasteiger charge is -2.15. The minimum Gasteiger partial charge on any atom is -0.497 e. The number of carbonyl (C=O) groups excluding carboxylic acids is 2. The van der Waals surface area contributed by atoms with Crippen molar-refractivity contribution in [1.29, 1.82) is 0 Å². The van der Waals surface area contributed by atoms with Crippen LogP contribution in [0.1, 0.15) is 29.9 Å². The van der Waals surface area contributed by atoms with Crippen LogP contribution in [0.25, 0.3) is 0 Å². The van der Waals surface area contributed by atoms with E-state index in [-0.39, 0.29) is 30.0 Å². The average molecular weight is 514 g/mol. The second kappa shape index (κ2) is 12.4. The number of halogens is 1. The Hall–Kier alpha value is -3.30. The molecule has 2 amide bonds. The van der Waals surface area contributed by atoms with Crippen molar-refractivity contribution < 1.29 is 14.3 Å². The molecule has 0 saturated carbocycles. The molecule has 8 nitrogen and oxygen atoms in total. The summed E-state index contributed by atoms with van der Waals surface area (Å²) in [6.07, 6.45) is 1.95. The Kier molecular flexibility index (Phi) is 9.33. The largest absolute Gasteiger partial charge is 0.497 e. The summed E-state index contributed by atoms with van der Waals surface area (Å²) in [7, 11) is 1.60. The van der Waals surface area contributed by atoms with Gasteiger partial charge in [0.1, 0.15) is 5.75 Å². The van der Waals surface area contributed by atoms with Gasteiger partial charge in [-0.25, -0.2) is 0 Å². The molecule has 3 aromatic rings. The first kappa shape index (κ1) is 26.3. The minimum absolute atomic E-state index is 0.138. The third-order valence-electron chi connectivity index (χ3n) is 5.22. The lowest BCUT2D eigenvalue weighted by molar-refractivity contribution is -0.121. The predicted molar refractivity (Wildman–Crippen MR) is 139 cm³/mol. The van der Waals surface area contributed by atoms with E-state index in [9.17, 15) is 9.59 Å².